The highest BCUT2D eigenvalue weighted by atomic mass is 32.2. The maximum absolute atomic E-state index is 12.1. The van der Waals surface area contributed by atoms with Crippen molar-refractivity contribution >= 4 is 10.0 Å². The SMILES string of the molecule is COc1ccc(S(=O)(=O)NCCC[NH+]2CCOCC2)cc1. The molecule has 0 bridgehead atoms. The van der Waals surface area contributed by atoms with E-state index in [0.29, 0.717) is 12.3 Å². The van der Waals surface area contributed by atoms with Gasteiger partial charge in [0.25, 0.3) is 0 Å². The first kappa shape index (κ1) is 16.2. The number of hydrogen-bond acceptors (Lipinski definition) is 4. The van der Waals surface area contributed by atoms with Crippen LogP contribution in [0.25, 0.3) is 0 Å². The maximum atomic E-state index is 12.1. The van der Waals surface area contributed by atoms with Gasteiger partial charge in [-0.3, -0.25) is 0 Å². The largest absolute Gasteiger partial charge is 0.497 e. The average molecular weight is 315 g/mol. The summed E-state index contributed by atoms with van der Waals surface area (Å²) in [5.41, 5.74) is 0. The zero-order valence-corrected chi connectivity index (χ0v) is 13.1. The van der Waals surface area contributed by atoms with Crippen LogP contribution >= 0.6 is 0 Å². The number of benzene rings is 1. The molecule has 0 aliphatic carbocycles. The van der Waals surface area contributed by atoms with Gasteiger partial charge in [0, 0.05) is 13.0 Å². The predicted molar refractivity (Wildman–Crippen MR) is 79.2 cm³/mol. The molecule has 1 aromatic carbocycles. The van der Waals surface area contributed by atoms with Crippen molar-refractivity contribution in [3.8, 4) is 5.75 Å². The van der Waals surface area contributed by atoms with Crippen LogP contribution < -0.4 is 14.4 Å². The van der Waals surface area contributed by atoms with Crippen LogP contribution in [0.1, 0.15) is 6.42 Å². The second kappa shape index (κ2) is 7.74. The quantitative estimate of drug-likeness (QED) is 0.652. The first-order chi connectivity index (χ1) is 10.1. The third-order valence-corrected chi connectivity index (χ3v) is 5.05. The van der Waals surface area contributed by atoms with Gasteiger partial charge in [-0.25, -0.2) is 13.1 Å². The van der Waals surface area contributed by atoms with Crippen molar-refractivity contribution in [1.82, 2.24) is 4.72 Å². The van der Waals surface area contributed by atoms with E-state index in [1.807, 2.05) is 0 Å². The van der Waals surface area contributed by atoms with Crippen molar-refractivity contribution in [3.05, 3.63) is 24.3 Å². The normalized spacial score (nSPS) is 16.8. The Kier molecular flexibility index (Phi) is 5.98. The van der Waals surface area contributed by atoms with Crippen LogP contribution in [0.3, 0.4) is 0 Å². The zero-order chi connectivity index (χ0) is 15.1. The highest BCUT2D eigenvalue weighted by Crippen LogP contribution is 2.14. The van der Waals surface area contributed by atoms with E-state index in [4.69, 9.17) is 9.47 Å². The molecule has 0 spiro atoms. The summed E-state index contributed by atoms with van der Waals surface area (Å²) in [5, 5.41) is 0. The fraction of sp³-hybridized carbons (Fsp3) is 0.571. The summed E-state index contributed by atoms with van der Waals surface area (Å²) in [7, 11) is -1.88. The second-order valence-electron chi connectivity index (χ2n) is 5.04. The summed E-state index contributed by atoms with van der Waals surface area (Å²) in [6.45, 7) is 5.03. The van der Waals surface area contributed by atoms with Crippen LogP contribution in [-0.2, 0) is 14.8 Å². The standard InChI is InChI=1S/C14H22N2O4S/c1-19-13-3-5-14(6-4-13)21(17,18)15-7-2-8-16-9-11-20-12-10-16/h3-6,15H,2,7-12H2,1H3/p+1. The topological polar surface area (TPSA) is 69.1 Å². The Morgan fingerprint density at radius 3 is 2.52 bits per heavy atom. The molecule has 1 aliphatic heterocycles. The Bertz CT molecular complexity index is 524. The van der Waals surface area contributed by atoms with E-state index in [9.17, 15) is 8.42 Å². The molecule has 0 radical (unpaired) electrons. The van der Waals surface area contributed by atoms with Gasteiger partial charge in [0.2, 0.25) is 10.0 Å². The minimum atomic E-state index is -3.43. The third kappa shape index (κ3) is 4.96. The fourth-order valence-corrected chi connectivity index (χ4v) is 3.37. The van der Waals surface area contributed by atoms with Crippen LogP contribution in [0.5, 0.6) is 5.75 Å². The highest BCUT2D eigenvalue weighted by molar-refractivity contribution is 7.89. The van der Waals surface area contributed by atoms with Crippen molar-refractivity contribution in [1.29, 1.82) is 0 Å². The number of ether oxygens (including phenoxy) is 2. The number of hydrogen-bond donors (Lipinski definition) is 2. The minimum absolute atomic E-state index is 0.266. The number of nitrogens with one attached hydrogen (secondary N) is 2. The Morgan fingerprint density at radius 2 is 1.90 bits per heavy atom. The summed E-state index contributed by atoms with van der Waals surface area (Å²) in [4.78, 5) is 1.74. The Balaban J connectivity index is 1.77. The number of rotatable bonds is 7. The van der Waals surface area contributed by atoms with Gasteiger partial charge in [-0.15, -0.1) is 0 Å². The molecule has 2 rings (SSSR count). The fourth-order valence-electron chi connectivity index (χ4n) is 2.29. The van der Waals surface area contributed by atoms with E-state index in [2.05, 4.69) is 4.72 Å². The van der Waals surface area contributed by atoms with Crippen LogP contribution in [-0.4, -0.2) is 54.9 Å². The Morgan fingerprint density at radius 1 is 1.24 bits per heavy atom. The van der Waals surface area contributed by atoms with Gasteiger partial charge in [-0.2, -0.15) is 0 Å². The van der Waals surface area contributed by atoms with Crippen molar-refractivity contribution in [2.45, 2.75) is 11.3 Å². The number of methoxy groups -OCH3 is 1. The van der Waals surface area contributed by atoms with Gasteiger partial charge in [0.1, 0.15) is 18.8 Å². The van der Waals surface area contributed by atoms with Gasteiger partial charge < -0.3 is 14.4 Å². The Labute approximate surface area is 126 Å². The number of sulfonamides is 1. The lowest BCUT2D eigenvalue weighted by Gasteiger charge is -2.23. The number of quaternary nitrogens is 1. The van der Waals surface area contributed by atoms with Crippen LogP contribution in [0.2, 0.25) is 0 Å². The summed E-state index contributed by atoms with van der Waals surface area (Å²) in [6.07, 6.45) is 0.824. The average Bonchev–Trinajstić information content (AvgIpc) is 2.53. The molecule has 1 saturated heterocycles. The van der Waals surface area contributed by atoms with Crippen LogP contribution in [0.4, 0.5) is 0 Å². The molecular formula is C14H23N2O4S+. The van der Waals surface area contributed by atoms with Gasteiger partial charge in [-0.05, 0) is 24.3 Å². The minimum Gasteiger partial charge on any atom is -0.497 e. The molecule has 21 heavy (non-hydrogen) atoms. The molecule has 1 aliphatic rings. The van der Waals surface area contributed by atoms with Crippen LogP contribution in [0, 0.1) is 0 Å². The molecular weight excluding hydrogens is 292 g/mol. The molecule has 0 amide bonds. The zero-order valence-electron chi connectivity index (χ0n) is 12.3. The van der Waals surface area contributed by atoms with E-state index in [1.54, 1.807) is 31.4 Å². The van der Waals surface area contributed by atoms with Crippen molar-refractivity contribution < 1.29 is 22.8 Å². The van der Waals surface area contributed by atoms with E-state index in [-0.39, 0.29) is 4.90 Å². The molecule has 118 valence electrons. The van der Waals surface area contributed by atoms with Gasteiger partial charge in [0.05, 0.1) is 31.8 Å². The Hall–Kier alpha value is -1.15. The van der Waals surface area contributed by atoms with E-state index in [0.717, 1.165) is 39.3 Å². The monoisotopic (exact) mass is 315 g/mol. The summed E-state index contributed by atoms with van der Waals surface area (Å²) < 4.78 is 37.2. The maximum Gasteiger partial charge on any atom is 0.240 e. The lowest BCUT2D eigenvalue weighted by atomic mass is 10.3. The summed E-state index contributed by atoms with van der Waals surface area (Å²) >= 11 is 0. The predicted octanol–water partition coefficient (Wildman–Crippen LogP) is -0.721. The van der Waals surface area contributed by atoms with Gasteiger partial charge in [-0.1, -0.05) is 0 Å². The van der Waals surface area contributed by atoms with E-state index in [1.165, 1.54) is 4.90 Å². The molecule has 2 N–H and O–H groups in total. The molecule has 1 fully saturated rings. The smallest absolute Gasteiger partial charge is 0.240 e. The molecule has 0 saturated carbocycles. The summed E-state index contributed by atoms with van der Waals surface area (Å²) in [6, 6.07) is 6.39. The lowest BCUT2D eigenvalue weighted by Crippen LogP contribution is -3.14. The highest BCUT2D eigenvalue weighted by Gasteiger charge is 2.15. The van der Waals surface area contributed by atoms with Gasteiger partial charge in [0.15, 0.2) is 0 Å². The molecule has 6 nitrogen and oxygen atoms in total. The van der Waals surface area contributed by atoms with E-state index < -0.39 is 10.0 Å². The summed E-state index contributed by atoms with van der Waals surface area (Å²) in [5.74, 6) is 0.643. The van der Waals surface area contributed by atoms with Crippen molar-refractivity contribution in [2.24, 2.45) is 0 Å². The first-order valence-corrected chi connectivity index (χ1v) is 8.65. The van der Waals surface area contributed by atoms with Gasteiger partial charge >= 0.3 is 0 Å². The molecule has 0 aromatic heterocycles. The molecule has 0 unspecified atom stereocenters. The third-order valence-electron chi connectivity index (χ3n) is 3.57. The van der Waals surface area contributed by atoms with Crippen molar-refractivity contribution in [3.63, 3.8) is 0 Å². The molecule has 7 heteroatoms. The second-order valence-corrected chi connectivity index (χ2v) is 6.81. The van der Waals surface area contributed by atoms with Crippen LogP contribution in [0.15, 0.2) is 29.2 Å². The molecule has 1 heterocycles. The lowest BCUT2D eigenvalue weighted by molar-refractivity contribution is -0.908. The molecule has 0 atom stereocenters. The first-order valence-electron chi connectivity index (χ1n) is 7.17. The number of morpholine rings is 1. The van der Waals surface area contributed by atoms with E-state index >= 15 is 0 Å². The van der Waals surface area contributed by atoms with Crippen molar-refractivity contribution in [2.75, 3.05) is 46.5 Å². The molecule has 1 aromatic rings.